The number of nitrogens with one attached hydrogen (secondary N) is 1. The summed E-state index contributed by atoms with van der Waals surface area (Å²) in [5.74, 6) is 0.671. The molecule has 1 heterocycles. The highest BCUT2D eigenvalue weighted by molar-refractivity contribution is 5.64. The molecular formula is C16H12N4. The second kappa shape index (κ2) is 5.29. The lowest BCUT2D eigenvalue weighted by atomic mass is 10.3. The van der Waals surface area contributed by atoms with Crippen LogP contribution in [0, 0.1) is 11.3 Å². The van der Waals surface area contributed by atoms with Crippen molar-refractivity contribution in [1.82, 2.24) is 9.78 Å². The van der Waals surface area contributed by atoms with Gasteiger partial charge < -0.3 is 5.32 Å². The Labute approximate surface area is 116 Å². The van der Waals surface area contributed by atoms with Gasteiger partial charge in [0.25, 0.3) is 0 Å². The van der Waals surface area contributed by atoms with Gasteiger partial charge in [-0.05, 0) is 24.3 Å². The van der Waals surface area contributed by atoms with Crippen LogP contribution in [0.2, 0.25) is 0 Å². The third-order valence-electron chi connectivity index (χ3n) is 2.93. The molecule has 0 aliphatic rings. The molecule has 1 N–H and O–H groups in total. The van der Waals surface area contributed by atoms with E-state index in [0.717, 1.165) is 11.4 Å². The van der Waals surface area contributed by atoms with Crippen LogP contribution in [-0.4, -0.2) is 9.78 Å². The zero-order valence-corrected chi connectivity index (χ0v) is 10.7. The quantitative estimate of drug-likeness (QED) is 0.784. The van der Waals surface area contributed by atoms with E-state index in [2.05, 4.69) is 16.5 Å². The van der Waals surface area contributed by atoms with Gasteiger partial charge in [0.15, 0.2) is 5.82 Å². The van der Waals surface area contributed by atoms with Gasteiger partial charge in [-0.3, -0.25) is 0 Å². The highest BCUT2D eigenvalue weighted by atomic mass is 15.3. The van der Waals surface area contributed by atoms with E-state index >= 15 is 0 Å². The van der Waals surface area contributed by atoms with E-state index in [1.54, 1.807) is 10.9 Å². The Morgan fingerprint density at radius 1 is 0.950 bits per heavy atom. The van der Waals surface area contributed by atoms with Crippen LogP contribution in [0.15, 0.2) is 66.9 Å². The van der Waals surface area contributed by atoms with Gasteiger partial charge in [-0.25, -0.2) is 4.68 Å². The summed E-state index contributed by atoms with van der Waals surface area (Å²) in [7, 11) is 0. The van der Waals surface area contributed by atoms with Gasteiger partial charge >= 0.3 is 0 Å². The second-order valence-electron chi connectivity index (χ2n) is 4.26. The summed E-state index contributed by atoms with van der Waals surface area (Å²) in [5, 5.41) is 16.7. The van der Waals surface area contributed by atoms with E-state index in [1.165, 1.54) is 0 Å². The van der Waals surface area contributed by atoms with Crippen LogP contribution in [0.25, 0.3) is 5.69 Å². The third-order valence-corrected chi connectivity index (χ3v) is 2.93. The Morgan fingerprint density at radius 3 is 2.25 bits per heavy atom. The third kappa shape index (κ3) is 2.25. The predicted octanol–water partition coefficient (Wildman–Crippen LogP) is 3.49. The number of rotatable bonds is 3. The standard InChI is InChI=1S/C16H12N4/c17-11-13-12-18-20(15-9-5-2-6-10-15)16(13)19-14-7-3-1-4-8-14/h1-10,12,19H. The van der Waals surface area contributed by atoms with Crippen LogP contribution in [0.3, 0.4) is 0 Å². The molecule has 0 unspecified atom stereocenters. The molecule has 3 rings (SSSR count). The molecule has 0 aliphatic heterocycles. The highest BCUT2D eigenvalue weighted by Crippen LogP contribution is 2.23. The number of anilines is 2. The Balaban J connectivity index is 2.05. The van der Waals surface area contributed by atoms with Crippen LogP contribution in [0.5, 0.6) is 0 Å². The molecule has 0 fully saturated rings. The van der Waals surface area contributed by atoms with Crippen LogP contribution in [0.1, 0.15) is 5.56 Å². The van der Waals surface area contributed by atoms with Crippen molar-refractivity contribution in [2.24, 2.45) is 0 Å². The van der Waals surface area contributed by atoms with Gasteiger partial charge in [0, 0.05) is 5.69 Å². The topological polar surface area (TPSA) is 53.6 Å². The second-order valence-corrected chi connectivity index (χ2v) is 4.26. The van der Waals surface area contributed by atoms with Crippen molar-refractivity contribution in [3.8, 4) is 11.8 Å². The van der Waals surface area contributed by atoms with E-state index in [1.807, 2.05) is 60.7 Å². The molecule has 3 aromatic rings. The number of para-hydroxylation sites is 2. The lowest BCUT2D eigenvalue weighted by Crippen LogP contribution is -2.03. The molecule has 0 aliphatic carbocycles. The average Bonchev–Trinajstić information content (AvgIpc) is 2.92. The molecule has 4 heteroatoms. The van der Waals surface area contributed by atoms with Crippen molar-refractivity contribution in [1.29, 1.82) is 5.26 Å². The fraction of sp³-hybridized carbons (Fsp3) is 0. The highest BCUT2D eigenvalue weighted by Gasteiger charge is 2.11. The van der Waals surface area contributed by atoms with Crippen LogP contribution < -0.4 is 5.32 Å². The Bertz CT molecular complexity index is 739. The minimum absolute atomic E-state index is 0.512. The van der Waals surface area contributed by atoms with Gasteiger partial charge in [0.2, 0.25) is 0 Å². The van der Waals surface area contributed by atoms with E-state index in [4.69, 9.17) is 0 Å². The summed E-state index contributed by atoms with van der Waals surface area (Å²) in [5.41, 5.74) is 2.34. The van der Waals surface area contributed by atoms with Gasteiger partial charge in [-0.2, -0.15) is 10.4 Å². The van der Waals surface area contributed by atoms with Crippen molar-refractivity contribution < 1.29 is 0 Å². The molecular weight excluding hydrogens is 248 g/mol. The number of benzene rings is 2. The average molecular weight is 260 g/mol. The summed E-state index contributed by atoms with van der Waals surface area (Å²) >= 11 is 0. The van der Waals surface area contributed by atoms with E-state index < -0.39 is 0 Å². The summed E-state index contributed by atoms with van der Waals surface area (Å²) in [4.78, 5) is 0. The molecule has 0 saturated carbocycles. The number of hydrogen-bond acceptors (Lipinski definition) is 3. The Hall–Kier alpha value is -3.06. The summed E-state index contributed by atoms with van der Waals surface area (Å²) < 4.78 is 1.73. The lowest BCUT2D eigenvalue weighted by molar-refractivity contribution is 0.888. The van der Waals surface area contributed by atoms with Crippen molar-refractivity contribution in [3.05, 3.63) is 72.4 Å². The lowest BCUT2D eigenvalue weighted by Gasteiger charge is -2.10. The first kappa shape index (κ1) is 12.0. The van der Waals surface area contributed by atoms with Gasteiger partial charge in [-0.15, -0.1) is 0 Å². The van der Waals surface area contributed by atoms with Crippen LogP contribution in [0.4, 0.5) is 11.5 Å². The van der Waals surface area contributed by atoms with Crippen molar-refractivity contribution in [2.75, 3.05) is 5.32 Å². The van der Waals surface area contributed by atoms with E-state index in [-0.39, 0.29) is 0 Å². The molecule has 96 valence electrons. The summed E-state index contributed by atoms with van der Waals surface area (Å²) in [6, 6.07) is 21.6. The number of aromatic nitrogens is 2. The maximum absolute atomic E-state index is 9.21. The zero-order valence-electron chi connectivity index (χ0n) is 10.7. The van der Waals surface area contributed by atoms with Gasteiger partial charge in [0.1, 0.15) is 11.6 Å². The van der Waals surface area contributed by atoms with Crippen molar-refractivity contribution in [3.63, 3.8) is 0 Å². The van der Waals surface area contributed by atoms with Crippen LogP contribution in [-0.2, 0) is 0 Å². The first-order valence-electron chi connectivity index (χ1n) is 6.24. The minimum Gasteiger partial charge on any atom is -0.339 e. The number of nitriles is 1. The molecule has 0 bridgehead atoms. The maximum atomic E-state index is 9.21. The summed E-state index contributed by atoms with van der Waals surface area (Å²) in [6.45, 7) is 0. The van der Waals surface area contributed by atoms with Crippen molar-refractivity contribution in [2.45, 2.75) is 0 Å². The molecule has 0 spiro atoms. The molecule has 0 radical (unpaired) electrons. The minimum atomic E-state index is 0.512. The summed E-state index contributed by atoms with van der Waals surface area (Å²) in [6.07, 6.45) is 1.57. The van der Waals surface area contributed by atoms with E-state index in [9.17, 15) is 5.26 Å². The number of nitrogens with zero attached hydrogens (tertiary/aromatic N) is 3. The molecule has 4 nitrogen and oxygen atoms in total. The maximum Gasteiger partial charge on any atom is 0.152 e. The van der Waals surface area contributed by atoms with Gasteiger partial charge in [0.05, 0.1) is 11.9 Å². The fourth-order valence-electron chi connectivity index (χ4n) is 1.97. The SMILES string of the molecule is N#Cc1cnn(-c2ccccc2)c1Nc1ccccc1. The fourth-order valence-corrected chi connectivity index (χ4v) is 1.97. The normalized spacial score (nSPS) is 9.95. The van der Waals surface area contributed by atoms with Crippen LogP contribution >= 0.6 is 0 Å². The van der Waals surface area contributed by atoms with Gasteiger partial charge in [-0.1, -0.05) is 36.4 Å². The Morgan fingerprint density at radius 2 is 1.60 bits per heavy atom. The molecule has 1 aromatic heterocycles. The molecule has 20 heavy (non-hydrogen) atoms. The predicted molar refractivity (Wildman–Crippen MR) is 78.0 cm³/mol. The molecule has 0 atom stereocenters. The molecule has 0 amide bonds. The first-order chi connectivity index (χ1) is 9.88. The smallest absolute Gasteiger partial charge is 0.152 e. The molecule has 0 saturated heterocycles. The largest absolute Gasteiger partial charge is 0.339 e. The van der Waals surface area contributed by atoms with Crippen molar-refractivity contribution >= 4 is 11.5 Å². The number of hydrogen-bond donors (Lipinski definition) is 1. The monoisotopic (exact) mass is 260 g/mol. The first-order valence-corrected chi connectivity index (χ1v) is 6.24. The Kier molecular flexibility index (Phi) is 3.17. The van der Waals surface area contributed by atoms with E-state index in [0.29, 0.717) is 11.4 Å². The molecule has 2 aromatic carbocycles. The zero-order chi connectivity index (χ0) is 13.8.